The first-order valence-electron chi connectivity index (χ1n) is 8.91. The molecule has 3 rings (SSSR count). The van der Waals surface area contributed by atoms with Crippen LogP contribution in [-0.4, -0.2) is 58.7 Å². The van der Waals surface area contributed by atoms with Crippen molar-refractivity contribution in [3.8, 4) is 0 Å². The molecule has 1 heterocycles. The molecule has 0 saturated carbocycles. The van der Waals surface area contributed by atoms with Crippen molar-refractivity contribution in [2.45, 2.75) is 6.92 Å². The lowest BCUT2D eigenvalue weighted by Gasteiger charge is -2.36. The molecule has 0 spiro atoms. The molecule has 1 saturated heterocycles. The molecule has 2 aromatic carbocycles. The van der Waals surface area contributed by atoms with E-state index in [1.807, 2.05) is 30.0 Å². The van der Waals surface area contributed by atoms with Crippen LogP contribution in [0.5, 0.6) is 0 Å². The summed E-state index contributed by atoms with van der Waals surface area (Å²) in [6.07, 6.45) is 1.16. The van der Waals surface area contributed by atoms with Crippen molar-refractivity contribution in [1.82, 2.24) is 4.90 Å². The zero-order valence-corrected chi connectivity index (χ0v) is 16.7. The van der Waals surface area contributed by atoms with E-state index in [0.717, 1.165) is 24.9 Å². The van der Waals surface area contributed by atoms with Crippen molar-refractivity contribution in [3.63, 3.8) is 0 Å². The van der Waals surface area contributed by atoms with Crippen LogP contribution in [0.25, 0.3) is 0 Å². The molecule has 0 aromatic heterocycles. The van der Waals surface area contributed by atoms with Gasteiger partial charge >= 0.3 is 0 Å². The molecular formula is C20H25N3O3S. The van der Waals surface area contributed by atoms with E-state index >= 15 is 0 Å². The molecule has 144 valence electrons. The number of benzene rings is 2. The Morgan fingerprint density at radius 2 is 1.63 bits per heavy atom. The molecule has 1 fully saturated rings. The number of sulfonamides is 1. The first kappa shape index (κ1) is 19.2. The van der Waals surface area contributed by atoms with Gasteiger partial charge in [-0.2, -0.15) is 0 Å². The maximum absolute atomic E-state index is 12.8. The molecule has 0 N–H and O–H groups in total. The molecule has 1 aliphatic rings. The van der Waals surface area contributed by atoms with Crippen LogP contribution in [0.3, 0.4) is 0 Å². The Morgan fingerprint density at radius 3 is 2.19 bits per heavy atom. The molecule has 1 amide bonds. The number of carbonyl (C=O) groups is 1. The van der Waals surface area contributed by atoms with E-state index in [-0.39, 0.29) is 5.91 Å². The van der Waals surface area contributed by atoms with Crippen LogP contribution >= 0.6 is 0 Å². The second kappa shape index (κ2) is 7.60. The van der Waals surface area contributed by atoms with E-state index in [4.69, 9.17) is 0 Å². The van der Waals surface area contributed by atoms with Gasteiger partial charge in [0.2, 0.25) is 10.0 Å². The first-order chi connectivity index (χ1) is 12.8. The number of anilines is 2. The summed E-state index contributed by atoms with van der Waals surface area (Å²) in [6, 6.07) is 15.4. The van der Waals surface area contributed by atoms with E-state index < -0.39 is 10.0 Å². The fourth-order valence-corrected chi connectivity index (χ4v) is 3.87. The number of hydrogen-bond donors (Lipinski definition) is 0. The van der Waals surface area contributed by atoms with Crippen LogP contribution in [0.15, 0.2) is 48.5 Å². The third-order valence-electron chi connectivity index (χ3n) is 4.97. The lowest BCUT2D eigenvalue weighted by Crippen LogP contribution is -2.48. The van der Waals surface area contributed by atoms with Gasteiger partial charge in [-0.15, -0.1) is 0 Å². The standard InChI is InChI=1S/C20H25N3O3S/c1-16-15-17(9-10-19(16)21(2)27(3,25)26)20(24)23-13-11-22(12-14-23)18-7-5-4-6-8-18/h4-10,15H,11-14H2,1-3H3. The highest BCUT2D eigenvalue weighted by Gasteiger charge is 2.23. The van der Waals surface area contributed by atoms with Crippen LogP contribution in [0.2, 0.25) is 0 Å². The quantitative estimate of drug-likeness (QED) is 0.808. The predicted octanol–water partition coefficient (Wildman–Crippen LogP) is 2.35. The Morgan fingerprint density at radius 1 is 1.00 bits per heavy atom. The minimum absolute atomic E-state index is 0.0145. The van der Waals surface area contributed by atoms with Gasteiger partial charge in [0.05, 0.1) is 11.9 Å². The second-order valence-corrected chi connectivity index (χ2v) is 8.86. The van der Waals surface area contributed by atoms with E-state index in [9.17, 15) is 13.2 Å². The molecule has 0 radical (unpaired) electrons. The minimum Gasteiger partial charge on any atom is -0.368 e. The lowest BCUT2D eigenvalue weighted by molar-refractivity contribution is 0.0746. The summed E-state index contributed by atoms with van der Waals surface area (Å²) >= 11 is 0. The van der Waals surface area contributed by atoms with Crippen molar-refractivity contribution in [2.24, 2.45) is 0 Å². The zero-order valence-electron chi connectivity index (χ0n) is 15.9. The zero-order chi connectivity index (χ0) is 19.6. The highest BCUT2D eigenvalue weighted by molar-refractivity contribution is 7.92. The molecular weight excluding hydrogens is 362 g/mol. The fraction of sp³-hybridized carbons (Fsp3) is 0.350. The number of piperazine rings is 1. The summed E-state index contributed by atoms with van der Waals surface area (Å²) in [5.41, 5.74) is 3.11. The first-order valence-corrected chi connectivity index (χ1v) is 10.8. The molecule has 27 heavy (non-hydrogen) atoms. The average Bonchev–Trinajstić information content (AvgIpc) is 2.67. The van der Waals surface area contributed by atoms with Crippen molar-refractivity contribution in [3.05, 3.63) is 59.7 Å². The minimum atomic E-state index is -3.33. The highest BCUT2D eigenvalue weighted by atomic mass is 32.2. The van der Waals surface area contributed by atoms with E-state index in [0.29, 0.717) is 24.3 Å². The molecule has 0 atom stereocenters. The van der Waals surface area contributed by atoms with Gasteiger partial charge in [0.1, 0.15) is 0 Å². The molecule has 0 bridgehead atoms. The fourth-order valence-electron chi connectivity index (χ4n) is 3.31. The number of hydrogen-bond acceptors (Lipinski definition) is 4. The molecule has 7 heteroatoms. The van der Waals surface area contributed by atoms with Crippen molar-refractivity contribution in [1.29, 1.82) is 0 Å². The smallest absolute Gasteiger partial charge is 0.253 e. The summed E-state index contributed by atoms with van der Waals surface area (Å²) in [5.74, 6) is -0.0145. The number of nitrogens with zero attached hydrogens (tertiary/aromatic N) is 3. The third-order valence-corrected chi connectivity index (χ3v) is 6.16. The molecule has 6 nitrogen and oxygen atoms in total. The Hall–Kier alpha value is -2.54. The molecule has 0 aliphatic carbocycles. The highest BCUT2D eigenvalue weighted by Crippen LogP contribution is 2.23. The van der Waals surface area contributed by atoms with E-state index in [1.165, 1.54) is 17.0 Å². The summed E-state index contributed by atoms with van der Waals surface area (Å²) in [6.45, 7) is 4.74. The predicted molar refractivity (Wildman–Crippen MR) is 109 cm³/mol. The SMILES string of the molecule is Cc1cc(C(=O)N2CCN(c3ccccc3)CC2)ccc1N(C)S(C)(=O)=O. The van der Waals surface area contributed by atoms with Gasteiger partial charge in [-0.3, -0.25) is 9.10 Å². The normalized spacial score (nSPS) is 14.9. The third kappa shape index (κ3) is 4.24. The van der Waals surface area contributed by atoms with Crippen molar-refractivity contribution >= 4 is 27.3 Å². The Balaban J connectivity index is 1.69. The van der Waals surface area contributed by atoms with Gasteiger partial charge in [-0.1, -0.05) is 18.2 Å². The molecule has 0 unspecified atom stereocenters. The average molecular weight is 388 g/mol. The van der Waals surface area contributed by atoms with Crippen molar-refractivity contribution in [2.75, 3.05) is 48.7 Å². The van der Waals surface area contributed by atoms with Crippen LogP contribution in [0.4, 0.5) is 11.4 Å². The Bertz CT molecular complexity index is 921. The Labute approximate surface area is 161 Å². The Kier molecular flexibility index (Phi) is 5.41. The summed E-state index contributed by atoms with van der Waals surface area (Å²) in [4.78, 5) is 17.0. The maximum Gasteiger partial charge on any atom is 0.253 e. The topological polar surface area (TPSA) is 60.9 Å². The largest absolute Gasteiger partial charge is 0.368 e. The summed E-state index contributed by atoms with van der Waals surface area (Å²) in [5, 5.41) is 0. The van der Waals surface area contributed by atoms with E-state index in [2.05, 4.69) is 17.0 Å². The van der Waals surface area contributed by atoms with Gasteiger partial charge < -0.3 is 9.80 Å². The number of amides is 1. The summed E-state index contributed by atoms with van der Waals surface area (Å²) < 4.78 is 24.7. The molecule has 2 aromatic rings. The van der Waals surface area contributed by atoms with Crippen LogP contribution in [-0.2, 0) is 10.0 Å². The second-order valence-electron chi connectivity index (χ2n) is 6.85. The van der Waals surface area contributed by atoms with Gasteiger partial charge in [0.25, 0.3) is 5.91 Å². The van der Waals surface area contributed by atoms with Crippen LogP contribution < -0.4 is 9.21 Å². The van der Waals surface area contributed by atoms with E-state index in [1.54, 1.807) is 18.2 Å². The van der Waals surface area contributed by atoms with Gasteiger partial charge in [0.15, 0.2) is 0 Å². The molecule has 1 aliphatic heterocycles. The number of carbonyl (C=O) groups excluding carboxylic acids is 1. The van der Waals surface area contributed by atoms with Crippen LogP contribution in [0.1, 0.15) is 15.9 Å². The number of para-hydroxylation sites is 1. The van der Waals surface area contributed by atoms with Crippen LogP contribution in [0, 0.1) is 6.92 Å². The lowest BCUT2D eigenvalue weighted by atomic mass is 10.1. The summed E-state index contributed by atoms with van der Waals surface area (Å²) in [7, 11) is -1.82. The number of aryl methyl sites for hydroxylation is 1. The van der Waals surface area contributed by atoms with Gasteiger partial charge in [-0.25, -0.2) is 8.42 Å². The van der Waals surface area contributed by atoms with Crippen molar-refractivity contribution < 1.29 is 13.2 Å². The van der Waals surface area contributed by atoms with Gasteiger partial charge in [-0.05, 0) is 42.8 Å². The number of rotatable bonds is 4. The van der Waals surface area contributed by atoms with Gasteiger partial charge in [0, 0.05) is 44.5 Å². The monoisotopic (exact) mass is 387 g/mol. The maximum atomic E-state index is 12.8.